The molecule has 0 bridgehead atoms. The SMILES string of the molecule is Cc1ccc([C@@H](C)NCc2ccc(-c3ccc(Cl)c(C(=O)N[C@@H](CN[C@@H]4CCNC(C)(C)C4)Cc4ccc(C#N)cc4)c3)o2)cc1. The molecule has 240 valence electrons. The predicted octanol–water partition coefficient (Wildman–Crippen LogP) is 7.09. The van der Waals surface area contributed by atoms with Crippen LogP contribution < -0.4 is 21.3 Å². The standard InChI is InChI=1S/C38H44ClN5O2/c1-25-5-11-29(12-6-25)26(2)41-24-33-14-16-36(46-33)30-13-15-35(39)34(20-30)37(45)44-32(19-27-7-9-28(22-40)10-8-27)23-42-31-17-18-43-38(3,4)21-31/h5-16,20,26,31-32,41-43H,17-19,21,23-24H2,1-4H3,(H,44,45)/t26-,31-,32-/m1/s1. The Morgan fingerprint density at radius 1 is 1.09 bits per heavy atom. The van der Waals surface area contributed by atoms with E-state index in [2.05, 4.69) is 79.3 Å². The van der Waals surface area contributed by atoms with Crippen molar-refractivity contribution in [3.8, 4) is 17.4 Å². The third-order valence-electron chi connectivity index (χ3n) is 8.72. The number of hydrogen-bond donors (Lipinski definition) is 4. The second-order valence-corrected chi connectivity index (χ2v) is 13.5. The second kappa shape index (κ2) is 15.1. The summed E-state index contributed by atoms with van der Waals surface area (Å²) >= 11 is 6.59. The number of halogens is 1. The van der Waals surface area contributed by atoms with Gasteiger partial charge in [-0.05, 0) is 107 Å². The number of carbonyl (C=O) groups excluding carboxylic acids is 1. The number of hydrogen-bond acceptors (Lipinski definition) is 6. The van der Waals surface area contributed by atoms with Gasteiger partial charge in [-0.25, -0.2) is 0 Å². The molecule has 0 unspecified atom stereocenters. The number of piperidine rings is 1. The number of furan rings is 1. The maximum absolute atomic E-state index is 13.7. The summed E-state index contributed by atoms with van der Waals surface area (Å²) in [6, 6.07) is 27.9. The summed E-state index contributed by atoms with van der Waals surface area (Å²) in [7, 11) is 0. The van der Waals surface area contributed by atoms with Gasteiger partial charge < -0.3 is 25.7 Å². The minimum atomic E-state index is -0.238. The monoisotopic (exact) mass is 637 g/mol. The second-order valence-electron chi connectivity index (χ2n) is 13.1. The Morgan fingerprint density at radius 3 is 2.57 bits per heavy atom. The first-order valence-corrected chi connectivity index (χ1v) is 16.4. The van der Waals surface area contributed by atoms with Crippen molar-refractivity contribution in [2.75, 3.05) is 13.1 Å². The van der Waals surface area contributed by atoms with Crippen LogP contribution in [0.1, 0.15) is 78.0 Å². The first-order chi connectivity index (χ1) is 22.1. The summed E-state index contributed by atoms with van der Waals surface area (Å²) in [5.41, 5.74) is 5.37. The average molecular weight is 638 g/mol. The number of nitrogens with one attached hydrogen (secondary N) is 4. The zero-order valence-electron chi connectivity index (χ0n) is 27.1. The summed E-state index contributed by atoms with van der Waals surface area (Å²) in [6.07, 6.45) is 2.65. The van der Waals surface area contributed by atoms with Gasteiger partial charge >= 0.3 is 0 Å². The average Bonchev–Trinajstić information content (AvgIpc) is 3.52. The molecule has 46 heavy (non-hydrogen) atoms. The molecule has 8 heteroatoms. The van der Waals surface area contributed by atoms with Crippen LogP contribution in [0.5, 0.6) is 0 Å². The Labute approximate surface area is 277 Å². The zero-order valence-corrected chi connectivity index (χ0v) is 27.9. The normalized spacial score (nSPS) is 17.2. The van der Waals surface area contributed by atoms with Crippen LogP contribution in [0.3, 0.4) is 0 Å². The van der Waals surface area contributed by atoms with Gasteiger partial charge in [-0.15, -0.1) is 0 Å². The van der Waals surface area contributed by atoms with E-state index in [9.17, 15) is 10.1 Å². The van der Waals surface area contributed by atoms with E-state index < -0.39 is 0 Å². The van der Waals surface area contributed by atoms with Gasteiger partial charge in [0.15, 0.2) is 0 Å². The maximum atomic E-state index is 13.7. The molecule has 4 aromatic rings. The lowest BCUT2D eigenvalue weighted by Crippen LogP contribution is -2.54. The molecule has 0 spiro atoms. The van der Waals surface area contributed by atoms with Gasteiger partial charge in [-0.3, -0.25) is 4.79 Å². The topological polar surface area (TPSA) is 102 Å². The molecule has 3 aromatic carbocycles. The fourth-order valence-corrected chi connectivity index (χ4v) is 6.21. The van der Waals surface area contributed by atoms with E-state index in [1.807, 2.05) is 42.5 Å². The molecule has 1 fully saturated rings. The van der Waals surface area contributed by atoms with Crippen LogP contribution in [-0.4, -0.2) is 36.6 Å². The number of nitrogens with zero attached hydrogens (tertiary/aromatic N) is 1. The summed E-state index contributed by atoms with van der Waals surface area (Å²) < 4.78 is 6.18. The zero-order chi connectivity index (χ0) is 32.7. The smallest absolute Gasteiger partial charge is 0.253 e. The molecule has 0 aliphatic carbocycles. The van der Waals surface area contributed by atoms with E-state index in [4.69, 9.17) is 16.0 Å². The van der Waals surface area contributed by atoms with Crippen LogP contribution in [0.25, 0.3) is 11.3 Å². The molecule has 0 radical (unpaired) electrons. The molecule has 1 amide bonds. The Balaban J connectivity index is 1.26. The molecular formula is C38H44ClN5O2. The Morgan fingerprint density at radius 2 is 1.85 bits per heavy atom. The summed E-state index contributed by atoms with van der Waals surface area (Å²) in [6.45, 7) is 10.8. The van der Waals surface area contributed by atoms with Gasteiger partial charge in [0.05, 0.1) is 28.8 Å². The minimum Gasteiger partial charge on any atom is -0.460 e. The van der Waals surface area contributed by atoms with E-state index in [1.165, 1.54) is 11.1 Å². The number of nitriles is 1. The van der Waals surface area contributed by atoms with Crippen LogP contribution in [0.4, 0.5) is 0 Å². The molecule has 3 atom stereocenters. The quantitative estimate of drug-likeness (QED) is 0.132. The van der Waals surface area contributed by atoms with Crippen LogP contribution in [0, 0.1) is 18.3 Å². The van der Waals surface area contributed by atoms with Gasteiger partial charge in [0.2, 0.25) is 0 Å². The van der Waals surface area contributed by atoms with Crippen molar-refractivity contribution in [2.24, 2.45) is 0 Å². The van der Waals surface area contributed by atoms with Crippen molar-refractivity contribution in [3.63, 3.8) is 0 Å². The predicted molar refractivity (Wildman–Crippen MR) is 185 cm³/mol. The number of rotatable bonds is 12. The highest BCUT2D eigenvalue weighted by Crippen LogP contribution is 2.28. The Kier molecular flexibility index (Phi) is 11.0. The Bertz CT molecular complexity index is 1660. The van der Waals surface area contributed by atoms with Crippen molar-refractivity contribution < 1.29 is 9.21 Å². The van der Waals surface area contributed by atoms with Crippen molar-refractivity contribution >= 4 is 17.5 Å². The largest absolute Gasteiger partial charge is 0.460 e. The Hall–Kier alpha value is -3.93. The molecular weight excluding hydrogens is 594 g/mol. The minimum absolute atomic E-state index is 0.0663. The van der Waals surface area contributed by atoms with Crippen molar-refractivity contribution in [1.82, 2.24) is 21.3 Å². The summed E-state index contributed by atoms with van der Waals surface area (Å²) in [5.74, 6) is 1.25. The molecule has 7 nitrogen and oxygen atoms in total. The third kappa shape index (κ3) is 9.08. The van der Waals surface area contributed by atoms with Gasteiger partial charge in [0.25, 0.3) is 5.91 Å². The highest BCUT2D eigenvalue weighted by molar-refractivity contribution is 6.34. The van der Waals surface area contributed by atoms with Gasteiger partial charge in [-0.1, -0.05) is 53.6 Å². The molecule has 4 N–H and O–H groups in total. The molecule has 2 heterocycles. The van der Waals surface area contributed by atoms with Gasteiger partial charge in [0, 0.05) is 35.8 Å². The number of benzene rings is 3. The first kappa shape index (κ1) is 33.4. The third-order valence-corrected chi connectivity index (χ3v) is 9.05. The van der Waals surface area contributed by atoms with Crippen LogP contribution in [-0.2, 0) is 13.0 Å². The molecule has 5 rings (SSSR count). The molecule has 1 aliphatic heterocycles. The lowest BCUT2D eigenvalue weighted by atomic mass is 9.89. The highest BCUT2D eigenvalue weighted by atomic mass is 35.5. The lowest BCUT2D eigenvalue weighted by molar-refractivity contribution is 0.0934. The van der Waals surface area contributed by atoms with E-state index >= 15 is 0 Å². The van der Waals surface area contributed by atoms with Crippen molar-refractivity contribution in [1.29, 1.82) is 5.26 Å². The fraction of sp³-hybridized carbons (Fsp3) is 0.368. The summed E-state index contributed by atoms with van der Waals surface area (Å²) in [5, 5.41) is 23.6. The van der Waals surface area contributed by atoms with Gasteiger partial charge in [0.1, 0.15) is 11.5 Å². The van der Waals surface area contributed by atoms with Crippen molar-refractivity contribution in [2.45, 2.75) is 77.2 Å². The van der Waals surface area contributed by atoms with E-state index in [1.54, 1.807) is 12.1 Å². The van der Waals surface area contributed by atoms with E-state index in [-0.39, 0.29) is 23.5 Å². The van der Waals surface area contributed by atoms with Crippen LogP contribution in [0.15, 0.2) is 83.3 Å². The van der Waals surface area contributed by atoms with Crippen molar-refractivity contribution in [3.05, 3.63) is 117 Å². The van der Waals surface area contributed by atoms with Crippen LogP contribution >= 0.6 is 11.6 Å². The maximum Gasteiger partial charge on any atom is 0.253 e. The lowest BCUT2D eigenvalue weighted by Gasteiger charge is -2.37. The molecule has 0 saturated carbocycles. The fourth-order valence-electron chi connectivity index (χ4n) is 6.00. The van der Waals surface area contributed by atoms with Crippen LogP contribution in [0.2, 0.25) is 5.02 Å². The summed E-state index contributed by atoms with van der Waals surface area (Å²) in [4.78, 5) is 13.7. The first-order valence-electron chi connectivity index (χ1n) is 16.1. The number of amides is 1. The highest BCUT2D eigenvalue weighted by Gasteiger charge is 2.28. The molecule has 1 aliphatic rings. The molecule has 1 saturated heterocycles. The van der Waals surface area contributed by atoms with Gasteiger partial charge in [-0.2, -0.15) is 5.26 Å². The van der Waals surface area contributed by atoms with E-state index in [0.29, 0.717) is 47.5 Å². The molecule has 1 aromatic heterocycles. The number of aryl methyl sites for hydroxylation is 1. The number of carbonyl (C=O) groups is 1. The van der Waals surface area contributed by atoms with E-state index in [0.717, 1.165) is 36.3 Å².